The van der Waals surface area contributed by atoms with Crippen LogP contribution in [-0.2, 0) is 27.7 Å². The second-order valence-electron chi connectivity index (χ2n) is 11.6. The van der Waals surface area contributed by atoms with Gasteiger partial charge in [-0.1, -0.05) is 74.9 Å². The van der Waals surface area contributed by atoms with E-state index in [1.807, 2.05) is 0 Å². The van der Waals surface area contributed by atoms with Crippen molar-refractivity contribution in [2.75, 3.05) is 0 Å². The van der Waals surface area contributed by atoms with E-state index < -0.39 is 16.8 Å². The van der Waals surface area contributed by atoms with Crippen LogP contribution in [0.4, 0.5) is 0 Å². The molecule has 4 heteroatoms. The van der Waals surface area contributed by atoms with E-state index in [0.29, 0.717) is 0 Å². The molecule has 0 bridgehead atoms. The van der Waals surface area contributed by atoms with Crippen molar-refractivity contribution in [3.8, 4) is 0 Å². The van der Waals surface area contributed by atoms with Gasteiger partial charge in [0.15, 0.2) is 14.7 Å². The van der Waals surface area contributed by atoms with Crippen LogP contribution in [0.15, 0.2) is 87.5 Å². The summed E-state index contributed by atoms with van der Waals surface area (Å²) in [5.41, 5.74) is 1.01. The Bertz CT molecular complexity index is 1040. The van der Waals surface area contributed by atoms with Gasteiger partial charge in [0.2, 0.25) is 0 Å². The molecule has 0 atom stereocenters. The lowest BCUT2D eigenvalue weighted by Gasteiger charge is -2.24. The molecule has 194 valence electrons. The van der Waals surface area contributed by atoms with Crippen molar-refractivity contribution in [3.05, 3.63) is 89.5 Å². The molecule has 0 aromatic heterocycles. The predicted octanol–water partition coefficient (Wildman–Crippen LogP) is 7.07. The third-order valence-corrected chi connectivity index (χ3v) is 11.4. The third-order valence-electron chi connectivity index (χ3n) is 9.17. The first-order valence-corrected chi connectivity index (χ1v) is 15.3. The van der Waals surface area contributed by atoms with Crippen molar-refractivity contribution in [3.63, 3.8) is 0 Å². The summed E-state index contributed by atoms with van der Waals surface area (Å²) in [5, 5.41) is 33.3. The fourth-order valence-electron chi connectivity index (χ4n) is 6.86. The van der Waals surface area contributed by atoms with E-state index in [1.165, 1.54) is 14.7 Å². The van der Waals surface area contributed by atoms with Gasteiger partial charge in [-0.25, -0.2) is 0 Å². The highest BCUT2D eigenvalue weighted by Crippen LogP contribution is 2.43. The van der Waals surface area contributed by atoms with Crippen LogP contribution < -0.4 is 0 Å². The van der Waals surface area contributed by atoms with Gasteiger partial charge in [0.25, 0.3) is 0 Å². The monoisotopic (exact) mass is 515 g/mol. The molecule has 3 aromatic carbocycles. The summed E-state index contributed by atoms with van der Waals surface area (Å²) in [5.74, 6) is 0. The SMILES string of the molecule is OC1(c2ccc([S+](c3ccc(C4(O)CCCC4)cc3)c3ccc(C4(O)CCCC4)cc3)cc2)CCCC1. The highest BCUT2D eigenvalue weighted by atomic mass is 32.2. The molecule has 0 radical (unpaired) electrons. The summed E-state index contributed by atoms with van der Waals surface area (Å²) in [7, 11) is -0.330. The number of rotatable bonds is 6. The number of hydrogen-bond donors (Lipinski definition) is 3. The van der Waals surface area contributed by atoms with E-state index in [9.17, 15) is 15.3 Å². The molecule has 3 N–H and O–H groups in total. The average Bonchev–Trinajstić information content (AvgIpc) is 3.68. The van der Waals surface area contributed by atoms with Gasteiger partial charge >= 0.3 is 0 Å². The summed E-state index contributed by atoms with van der Waals surface area (Å²) in [6, 6.07) is 25.8. The van der Waals surface area contributed by atoms with Crippen LogP contribution in [0.2, 0.25) is 0 Å². The minimum absolute atomic E-state index is 0.330. The molecule has 6 rings (SSSR count). The number of benzene rings is 3. The topological polar surface area (TPSA) is 60.7 Å². The van der Waals surface area contributed by atoms with Crippen molar-refractivity contribution < 1.29 is 15.3 Å². The van der Waals surface area contributed by atoms with Crippen molar-refractivity contribution in [2.45, 2.75) is 109 Å². The lowest BCUT2D eigenvalue weighted by atomic mass is 9.92. The lowest BCUT2D eigenvalue weighted by molar-refractivity contribution is 0.0440. The molecule has 3 nitrogen and oxygen atoms in total. The summed E-state index contributed by atoms with van der Waals surface area (Å²) in [4.78, 5) is 3.64. The Hall–Kier alpha value is -2.11. The molecular weight excluding hydrogens is 476 g/mol. The second kappa shape index (κ2) is 9.89. The highest BCUT2D eigenvalue weighted by molar-refractivity contribution is 7.97. The fourth-order valence-corrected chi connectivity index (χ4v) is 8.90. The molecule has 0 saturated heterocycles. The van der Waals surface area contributed by atoms with E-state index >= 15 is 0 Å². The quantitative estimate of drug-likeness (QED) is 0.308. The maximum Gasteiger partial charge on any atom is 0.166 e. The normalized spacial score (nSPS) is 22.1. The van der Waals surface area contributed by atoms with Crippen molar-refractivity contribution in [1.29, 1.82) is 0 Å². The van der Waals surface area contributed by atoms with Gasteiger partial charge in [-0.3, -0.25) is 0 Å². The molecule has 0 amide bonds. The summed E-state index contributed by atoms with van der Waals surface area (Å²) in [6.07, 6.45) is 11.5. The Morgan fingerprint density at radius 1 is 0.378 bits per heavy atom. The Morgan fingerprint density at radius 3 is 0.811 bits per heavy atom. The van der Waals surface area contributed by atoms with Gasteiger partial charge in [0.1, 0.15) is 0 Å². The Kier molecular flexibility index (Phi) is 6.73. The van der Waals surface area contributed by atoms with E-state index in [1.54, 1.807) is 0 Å². The van der Waals surface area contributed by atoms with Crippen molar-refractivity contribution >= 4 is 10.9 Å². The van der Waals surface area contributed by atoms with E-state index in [0.717, 1.165) is 93.7 Å². The Balaban J connectivity index is 1.35. The smallest absolute Gasteiger partial charge is 0.166 e. The van der Waals surface area contributed by atoms with Crippen LogP contribution in [0.1, 0.15) is 93.7 Å². The first-order chi connectivity index (χ1) is 17.9. The maximum atomic E-state index is 11.1. The zero-order valence-electron chi connectivity index (χ0n) is 21.7. The maximum absolute atomic E-state index is 11.1. The zero-order valence-corrected chi connectivity index (χ0v) is 22.5. The van der Waals surface area contributed by atoms with Gasteiger partial charge in [-0.2, -0.15) is 0 Å². The molecule has 3 saturated carbocycles. The molecule has 3 aliphatic rings. The van der Waals surface area contributed by atoms with E-state index in [4.69, 9.17) is 0 Å². The molecule has 0 aliphatic heterocycles. The zero-order chi connectivity index (χ0) is 25.5. The molecule has 3 aromatic rings. The Morgan fingerprint density at radius 2 is 0.595 bits per heavy atom. The van der Waals surface area contributed by atoms with Gasteiger partial charge in [-0.15, -0.1) is 0 Å². The van der Waals surface area contributed by atoms with Crippen LogP contribution in [0, 0.1) is 0 Å². The van der Waals surface area contributed by atoms with Gasteiger partial charge in [0, 0.05) is 0 Å². The second-order valence-corrected chi connectivity index (χ2v) is 13.6. The van der Waals surface area contributed by atoms with Crippen LogP contribution in [0.3, 0.4) is 0 Å². The molecular formula is C33H39O3S+. The first kappa shape index (κ1) is 25.2. The van der Waals surface area contributed by atoms with Gasteiger partial charge in [0.05, 0.1) is 27.7 Å². The molecule has 3 aliphatic carbocycles. The van der Waals surface area contributed by atoms with Crippen molar-refractivity contribution in [1.82, 2.24) is 0 Å². The number of hydrogen-bond acceptors (Lipinski definition) is 3. The minimum atomic E-state index is -0.687. The van der Waals surface area contributed by atoms with E-state index in [-0.39, 0.29) is 10.9 Å². The third kappa shape index (κ3) is 4.78. The molecule has 3 fully saturated rings. The van der Waals surface area contributed by atoms with Crippen LogP contribution in [0.5, 0.6) is 0 Å². The van der Waals surface area contributed by atoms with Gasteiger partial charge < -0.3 is 15.3 Å². The summed E-state index contributed by atoms with van der Waals surface area (Å²) < 4.78 is 0. The molecule has 37 heavy (non-hydrogen) atoms. The largest absolute Gasteiger partial charge is 0.385 e. The fraction of sp³-hybridized carbons (Fsp3) is 0.455. The first-order valence-electron chi connectivity index (χ1n) is 14.1. The minimum Gasteiger partial charge on any atom is -0.385 e. The van der Waals surface area contributed by atoms with E-state index in [2.05, 4.69) is 72.8 Å². The standard InChI is InChI=1S/C33H39O3S/c34-31(19-1-2-20-31)25-7-13-28(14-8-25)37(29-15-9-26(10-16-29)32(35)21-3-4-22-32)30-17-11-27(12-18-30)33(36)23-5-6-24-33/h7-18,34-36H,1-6,19-24H2/q+1. The number of aliphatic hydroxyl groups is 3. The molecule has 0 spiro atoms. The van der Waals surface area contributed by atoms with Crippen molar-refractivity contribution in [2.24, 2.45) is 0 Å². The predicted molar refractivity (Wildman–Crippen MR) is 149 cm³/mol. The van der Waals surface area contributed by atoms with Crippen LogP contribution >= 0.6 is 0 Å². The highest BCUT2D eigenvalue weighted by Gasteiger charge is 2.37. The summed E-state index contributed by atoms with van der Waals surface area (Å²) >= 11 is 0. The molecule has 0 unspecified atom stereocenters. The lowest BCUT2D eigenvalue weighted by Crippen LogP contribution is -2.21. The summed E-state index contributed by atoms with van der Waals surface area (Å²) in [6.45, 7) is 0. The van der Waals surface area contributed by atoms with Crippen LogP contribution in [0.25, 0.3) is 0 Å². The average molecular weight is 516 g/mol. The molecule has 0 heterocycles. The van der Waals surface area contributed by atoms with Crippen LogP contribution in [-0.4, -0.2) is 15.3 Å². The Labute approximate surface area is 223 Å². The van der Waals surface area contributed by atoms with Gasteiger partial charge in [-0.05, 0) is 91.6 Å².